The maximum atomic E-state index is 12.1. The third kappa shape index (κ3) is 3.68. The van der Waals surface area contributed by atoms with Gasteiger partial charge in [-0.2, -0.15) is 0 Å². The lowest BCUT2D eigenvalue weighted by atomic mass is 10.0. The molecule has 1 aromatic carbocycles. The van der Waals surface area contributed by atoms with Crippen molar-refractivity contribution in [3.63, 3.8) is 0 Å². The van der Waals surface area contributed by atoms with Gasteiger partial charge in [-0.3, -0.25) is 0 Å². The van der Waals surface area contributed by atoms with Crippen LogP contribution < -0.4 is 15.4 Å². The van der Waals surface area contributed by atoms with E-state index in [1.165, 1.54) is 12.8 Å². The van der Waals surface area contributed by atoms with E-state index >= 15 is 0 Å². The SMILES string of the molecule is CCCC1CCN(c2cc(S(=O)(=O)NCC)ccc2N)C1. The topological polar surface area (TPSA) is 75.4 Å². The summed E-state index contributed by atoms with van der Waals surface area (Å²) in [5, 5.41) is 0. The van der Waals surface area contributed by atoms with Crippen LogP contribution in [0, 0.1) is 5.92 Å². The number of benzene rings is 1. The molecule has 0 amide bonds. The molecular formula is C15H25N3O2S. The molecule has 1 aliphatic heterocycles. The molecule has 1 atom stereocenters. The van der Waals surface area contributed by atoms with Crippen molar-refractivity contribution in [2.75, 3.05) is 30.3 Å². The van der Waals surface area contributed by atoms with Crippen molar-refractivity contribution < 1.29 is 8.42 Å². The van der Waals surface area contributed by atoms with Crippen molar-refractivity contribution in [3.05, 3.63) is 18.2 Å². The number of sulfonamides is 1. The summed E-state index contributed by atoms with van der Waals surface area (Å²) in [5.74, 6) is 0.684. The molecule has 0 spiro atoms. The van der Waals surface area contributed by atoms with Gasteiger partial charge in [-0.05, 0) is 37.0 Å². The molecule has 5 nitrogen and oxygen atoms in total. The zero-order valence-corrected chi connectivity index (χ0v) is 13.6. The van der Waals surface area contributed by atoms with Crippen LogP contribution in [0.4, 0.5) is 11.4 Å². The predicted molar refractivity (Wildman–Crippen MR) is 86.9 cm³/mol. The number of nitrogens with zero attached hydrogens (tertiary/aromatic N) is 1. The summed E-state index contributed by atoms with van der Waals surface area (Å²) in [6, 6.07) is 4.95. The maximum absolute atomic E-state index is 12.1. The fourth-order valence-corrected chi connectivity index (χ4v) is 3.99. The first-order valence-corrected chi connectivity index (χ1v) is 9.10. The Hall–Kier alpha value is -1.27. The van der Waals surface area contributed by atoms with Gasteiger partial charge in [0.1, 0.15) is 0 Å². The van der Waals surface area contributed by atoms with Gasteiger partial charge in [0, 0.05) is 19.6 Å². The van der Waals surface area contributed by atoms with Crippen LogP contribution in [0.1, 0.15) is 33.1 Å². The number of anilines is 2. The second-order valence-corrected chi connectivity index (χ2v) is 7.38. The summed E-state index contributed by atoms with van der Waals surface area (Å²) in [6.45, 7) is 6.25. The largest absolute Gasteiger partial charge is 0.397 e. The maximum Gasteiger partial charge on any atom is 0.240 e. The van der Waals surface area contributed by atoms with Gasteiger partial charge >= 0.3 is 0 Å². The minimum atomic E-state index is -3.44. The Labute approximate surface area is 127 Å². The Morgan fingerprint density at radius 1 is 1.38 bits per heavy atom. The van der Waals surface area contributed by atoms with E-state index < -0.39 is 10.0 Å². The lowest BCUT2D eigenvalue weighted by Crippen LogP contribution is -2.25. The zero-order valence-electron chi connectivity index (χ0n) is 12.8. The molecule has 0 aliphatic carbocycles. The summed E-state index contributed by atoms with van der Waals surface area (Å²) in [7, 11) is -3.44. The van der Waals surface area contributed by atoms with Crippen LogP contribution in [0.2, 0.25) is 0 Å². The fraction of sp³-hybridized carbons (Fsp3) is 0.600. The lowest BCUT2D eigenvalue weighted by Gasteiger charge is -2.21. The van der Waals surface area contributed by atoms with E-state index in [9.17, 15) is 8.42 Å². The minimum Gasteiger partial charge on any atom is -0.397 e. The molecule has 21 heavy (non-hydrogen) atoms. The Morgan fingerprint density at radius 3 is 2.81 bits per heavy atom. The summed E-state index contributed by atoms with van der Waals surface area (Å²) < 4.78 is 26.7. The Bertz CT molecular complexity index is 587. The molecule has 0 radical (unpaired) electrons. The normalized spacial score (nSPS) is 19.1. The van der Waals surface area contributed by atoms with Crippen molar-refractivity contribution in [1.29, 1.82) is 0 Å². The second-order valence-electron chi connectivity index (χ2n) is 5.61. The average molecular weight is 311 g/mol. The summed E-state index contributed by atoms with van der Waals surface area (Å²) in [5.41, 5.74) is 7.53. The zero-order chi connectivity index (χ0) is 15.5. The minimum absolute atomic E-state index is 0.285. The van der Waals surface area contributed by atoms with E-state index in [0.717, 1.165) is 25.2 Å². The lowest BCUT2D eigenvalue weighted by molar-refractivity contribution is 0.530. The predicted octanol–water partition coefficient (Wildman–Crippen LogP) is 2.19. The number of nitrogen functional groups attached to an aromatic ring is 1. The Morgan fingerprint density at radius 2 is 2.14 bits per heavy atom. The molecule has 2 rings (SSSR count). The quantitative estimate of drug-likeness (QED) is 0.790. The van der Waals surface area contributed by atoms with Crippen LogP contribution in [0.5, 0.6) is 0 Å². The van der Waals surface area contributed by atoms with E-state index in [4.69, 9.17) is 5.73 Å². The van der Waals surface area contributed by atoms with Gasteiger partial charge in [-0.25, -0.2) is 13.1 Å². The highest BCUT2D eigenvalue weighted by molar-refractivity contribution is 7.89. The summed E-state index contributed by atoms with van der Waals surface area (Å²) in [6.07, 6.45) is 3.55. The number of nitrogens with one attached hydrogen (secondary N) is 1. The number of hydrogen-bond donors (Lipinski definition) is 2. The smallest absolute Gasteiger partial charge is 0.240 e. The number of hydrogen-bond acceptors (Lipinski definition) is 4. The first-order chi connectivity index (χ1) is 9.97. The van der Waals surface area contributed by atoms with Crippen LogP contribution in [0.15, 0.2) is 23.1 Å². The van der Waals surface area contributed by atoms with E-state index in [2.05, 4.69) is 16.5 Å². The molecule has 6 heteroatoms. The van der Waals surface area contributed by atoms with Gasteiger partial charge in [0.05, 0.1) is 16.3 Å². The summed E-state index contributed by atoms with van der Waals surface area (Å²) in [4.78, 5) is 2.49. The second kappa shape index (κ2) is 6.66. The molecule has 3 N–H and O–H groups in total. The van der Waals surface area contributed by atoms with Gasteiger partial charge in [0.2, 0.25) is 10.0 Å². The van der Waals surface area contributed by atoms with Crippen LogP contribution >= 0.6 is 0 Å². The molecule has 118 valence electrons. The molecule has 0 bridgehead atoms. The molecule has 1 fully saturated rings. The average Bonchev–Trinajstić information content (AvgIpc) is 2.88. The fourth-order valence-electron chi connectivity index (χ4n) is 2.93. The third-order valence-electron chi connectivity index (χ3n) is 3.97. The molecule has 0 saturated carbocycles. The van der Waals surface area contributed by atoms with Crippen molar-refractivity contribution >= 4 is 21.4 Å². The van der Waals surface area contributed by atoms with Crippen LogP contribution in [-0.4, -0.2) is 28.1 Å². The standard InChI is InChI=1S/C15H25N3O2S/c1-3-5-12-8-9-18(11-12)15-10-13(6-7-14(15)16)21(19,20)17-4-2/h6-7,10,12,17H,3-5,8-9,11,16H2,1-2H3. The van der Waals surface area contributed by atoms with E-state index in [1.54, 1.807) is 25.1 Å². The van der Waals surface area contributed by atoms with Crippen molar-refractivity contribution in [1.82, 2.24) is 4.72 Å². The van der Waals surface area contributed by atoms with Gasteiger partial charge in [-0.1, -0.05) is 20.3 Å². The van der Waals surface area contributed by atoms with Crippen molar-refractivity contribution in [2.45, 2.75) is 38.0 Å². The van der Waals surface area contributed by atoms with Crippen LogP contribution in [0.25, 0.3) is 0 Å². The highest BCUT2D eigenvalue weighted by atomic mass is 32.2. The molecule has 1 saturated heterocycles. The monoisotopic (exact) mass is 311 g/mol. The molecule has 1 unspecified atom stereocenters. The summed E-state index contributed by atoms with van der Waals surface area (Å²) >= 11 is 0. The first-order valence-electron chi connectivity index (χ1n) is 7.62. The number of nitrogens with two attached hydrogens (primary N) is 1. The van der Waals surface area contributed by atoms with Gasteiger partial charge in [0.25, 0.3) is 0 Å². The molecule has 1 aliphatic rings. The highest BCUT2D eigenvalue weighted by Crippen LogP contribution is 2.32. The van der Waals surface area contributed by atoms with Crippen LogP contribution in [-0.2, 0) is 10.0 Å². The molecular weight excluding hydrogens is 286 g/mol. The van der Waals surface area contributed by atoms with Gasteiger partial charge in [-0.15, -0.1) is 0 Å². The van der Waals surface area contributed by atoms with Crippen LogP contribution in [0.3, 0.4) is 0 Å². The Balaban J connectivity index is 2.25. The van der Waals surface area contributed by atoms with E-state index in [1.807, 2.05) is 0 Å². The highest BCUT2D eigenvalue weighted by Gasteiger charge is 2.24. The molecule has 0 aromatic heterocycles. The Kier molecular flexibility index (Phi) is 5.11. The van der Waals surface area contributed by atoms with Crippen molar-refractivity contribution in [3.8, 4) is 0 Å². The van der Waals surface area contributed by atoms with Gasteiger partial charge < -0.3 is 10.6 Å². The number of rotatable bonds is 6. The van der Waals surface area contributed by atoms with Crippen molar-refractivity contribution in [2.24, 2.45) is 5.92 Å². The van der Waals surface area contributed by atoms with Gasteiger partial charge in [0.15, 0.2) is 0 Å². The third-order valence-corrected chi connectivity index (χ3v) is 5.51. The van der Waals surface area contributed by atoms with E-state index in [-0.39, 0.29) is 4.90 Å². The van der Waals surface area contributed by atoms with E-state index in [0.29, 0.717) is 18.2 Å². The molecule has 1 heterocycles. The first kappa shape index (κ1) is 16.1. The molecule has 1 aromatic rings.